The molecule has 0 radical (unpaired) electrons. The molecule has 2 heterocycles. The van der Waals surface area contributed by atoms with Crippen LogP contribution in [0.1, 0.15) is 39.2 Å². The lowest BCUT2D eigenvalue weighted by molar-refractivity contribution is -0.147. The molecule has 1 aromatic heterocycles. The van der Waals surface area contributed by atoms with E-state index < -0.39 is 12.7 Å². The van der Waals surface area contributed by atoms with Crippen molar-refractivity contribution >= 4 is 5.82 Å². The number of anilines is 1. The molecule has 0 spiro atoms. The lowest BCUT2D eigenvalue weighted by atomic mass is 9.88. The van der Waals surface area contributed by atoms with E-state index in [1.807, 2.05) is 12.1 Å². The smallest absolute Gasteiger partial charge is 0.367 e. The molecule has 1 aliphatic rings. The molecule has 22 heavy (non-hydrogen) atoms. The topological polar surface area (TPSA) is 28.2 Å². The van der Waals surface area contributed by atoms with Crippen LogP contribution < -0.4 is 5.32 Å². The number of pyridine rings is 1. The Morgan fingerprint density at radius 1 is 1.23 bits per heavy atom. The van der Waals surface area contributed by atoms with Crippen LogP contribution in [0.25, 0.3) is 0 Å². The Bertz CT molecular complexity index is 486. The van der Waals surface area contributed by atoms with Crippen molar-refractivity contribution in [3.8, 4) is 0 Å². The van der Waals surface area contributed by atoms with Crippen molar-refractivity contribution in [3.63, 3.8) is 0 Å². The SMILES string of the molecule is CC(C)(C)c1ccnc(NC2CCN(CC(F)(F)F)CC2)c1. The van der Waals surface area contributed by atoms with Gasteiger partial charge in [-0.3, -0.25) is 4.90 Å². The summed E-state index contributed by atoms with van der Waals surface area (Å²) < 4.78 is 37.1. The second-order valence-corrected chi connectivity index (χ2v) is 6.99. The molecule has 3 nitrogen and oxygen atoms in total. The minimum absolute atomic E-state index is 0.0510. The van der Waals surface area contributed by atoms with E-state index in [1.54, 1.807) is 6.20 Å². The zero-order valence-electron chi connectivity index (χ0n) is 13.4. The molecule has 124 valence electrons. The number of nitrogens with zero attached hydrogens (tertiary/aromatic N) is 2. The van der Waals surface area contributed by atoms with E-state index in [9.17, 15) is 13.2 Å². The van der Waals surface area contributed by atoms with E-state index in [0.717, 1.165) is 5.82 Å². The normalized spacial score (nSPS) is 18.5. The second-order valence-electron chi connectivity index (χ2n) is 6.99. The number of alkyl halides is 3. The van der Waals surface area contributed by atoms with Crippen LogP contribution in [-0.4, -0.2) is 41.7 Å². The van der Waals surface area contributed by atoms with Gasteiger partial charge in [0.15, 0.2) is 0 Å². The number of piperidine rings is 1. The molecule has 1 N–H and O–H groups in total. The van der Waals surface area contributed by atoms with Gasteiger partial charge in [0.1, 0.15) is 5.82 Å². The molecule has 0 bridgehead atoms. The molecule has 0 atom stereocenters. The summed E-state index contributed by atoms with van der Waals surface area (Å²) in [6.07, 6.45) is -0.917. The molecule has 0 aromatic carbocycles. The van der Waals surface area contributed by atoms with Crippen molar-refractivity contribution < 1.29 is 13.2 Å². The lowest BCUT2D eigenvalue weighted by Crippen LogP contribution is -2.43. The van der Waals surface area contributed by atoms with Crippen LogP contribution in [0.3, 0.4) is 0 Å². The third-order valence-corrected chi connectivity index (χ3v) is 3.97. The van der Waals surface area contributed by atoms with E-state index in [-0.39, 0.29) is 11.5 Å². The quantitative estimate of drug-likeness (QED) is 0.919. The molecule has 0 amide bonds. The van der Waals surface area contributed by atoms with Gasteiger partial charge in [0.05, 0.1) is 6.54 Å². The van der Waals surface area contributed by atoms with Gasteiger partial charge in [-0.25, -0.2) is 4.98 Å². The second kappa shape index (κ2) is 6.44. The Hall–Kier alpha value is -1.30. The van der Waals surface area contributed by atoms with E-state index >= 15 is 0 Å². The fourth-order valence-corrected chi connectivity index (χ4v) is 2.67. The van der Waals surface area contributed by atoms with E-state index in [1.165, 1.54) is 10.5 Å². The number of aromatic nitrogens is 1. The average Bonchev–Trinajstić information content (AvgIpc) is 2.39. The van der Waals surface area contributed by atoms with Crippen molar-refractivity contribution in [3.05, 3.63) is 23.9 Å². The first kappa shape index (κ1) is 17.1. The van der Waals surface area contributed by atoms with Crippen LogP contribution in [0.15, 0.2) is 18.3 Å². The first-order chi connectivity index (χ1) is 10.1. The van der Waals surface area contributed by atoms with Crippen LogP contribution in [-0.2, 0) is 5.41 Å². The van der Waals surface area contributed by atoms with Gasteiger partial charge in [-0.2, -0.15) is 13.2 Å². The summed E-state index contributed by atoms with van der Waals surface area (Å²) in [6.45, 7) is 6.55. The highest BCUT2D eigenvalue weighted by atomic mass is 19.4. The summed E-state index contributed by atoms with van der Waals surface area (Å²) in [6, 6.07) is 4.21. The van der Waals surface area contributed by atoms with Gasteiger partial charge >= 0.3 is 6.18 Å². The lowest BCUT2D eigenvalue weighted by Gasteiger charge is -2.33. The number of halogens is 3. The van der Waals surface area contributed by atoms with Gasteiger partial charge in [0.25, 0.3) is 0 Å². The maximum Gasteiger partial charge on any atom is 0.401 e. The molecule has 0 saturated carbocycles. The third-order valence-electron chi connectivity index (χ3n) is 3.97. The van der Waals surface area contributed by atoms with E-state index in [0.29, 0.717) is 25.9 Å². The number of hydrogen-bond acceptors (Lipinski definition) is 3. The molecule has 1 saturated heterocycles. The van der Waals surface area contributed by atoms with E-state index in [2.05, 4.69) is 31.1 Å². The Morgan fingerprint density at radius 3 is 2.41 bits per heavy atom. The molecule has 1 aromatic rings. The van der Waals surface area contributed by atoms with Crippen LogP contribution in [0.5, 0.6) is 0 Å². The Labute approximate surface area is 129 Å². The van der Waals surface area contributed by atoms with Crippen LogP contribution in [0.4, 0.5) is 19.0 Å². The molecule has 2 rings (SSSR count). The summed E-state index contributed by atoms with van der Waals surface area (Å²) >= 11 is 0. The maximum atomic E-state index is 12.4. The largest absolute Gasteiger partial charge is 0.401 e. The summed E-state index contributed by atoms with van der Waals surface area (Å²) in [5.74, 6) is 0.807. The number of likely N-dealkylation sites (tertiary alicyclic amines) is 1. The molecule has 6 heteroatoms. The predicted octanol–water partition coefficient (Wildman–Crippen LogP) is 3.82. The zero-order chi connectivity index (χ0) is 16.4. The van der Waals surface area contributed by atoms with Gasteiger partial charge in [0, 0.05) is 25.3 Å². The van der Waals surface area contributed by atoms with Crippen molar-refractivity contribution in [1.82, 2.24) is 9.88 Å². The number of rotatable bonds is 3. The van der Waals surface area contributed by atoms with Gasteiger partial charge in [-0.15, -0.1) is 0 Å². The fourth-order valence-electron chi connectivity index (χ4n) is 2.67. The Kier molecular flexibility index (Phi) is 5.00. The molecule has 0 unspecified atom stereocenters. The highest BCUT2D eigenvalue weighted by molar-refractivity contribution is 5.40. The fraction of sp³-hybridized carbons (Fsp3) is 0.688. The van der Waals surface area contributed by atoms with Gasteiger partial charge in [0.2, 0.25) is 0 Å². The zero-order valence-corrected chi connectivity index (χ0v) is 13.4. The predicted molar refractivity (Wildman–Crippen MR) is 82.1 cm³/mol. The number of hydrogen-bond donors (Lipinski definition) is 1. The van der Waals surface area contributed by atoms with Gasteiger partial charge < -0.3 is 5.32 Å². The molecule has 1 aliphatic heterocycles. The first-order valence-corrected chi connectivity index (χ1v) is 7.66. The van der Waals surface area contributed by atoms with Crippen molar-refractivity contribution in [1.29, 1.82) is 0 Å². The minimum Gasteiger partial charge on any atom is -0.367 e. The van der Waals surface area contributed by atoms with Crippen molar-refractivity contribution in [2.75, 3.05) is 25.0 Å². The minimum atomic E-state index is -4.11. The summed E-state index contributed by atoms with van der Waals surface area (Å²) in [5, 5.41) is 3.36. The highest BCUT2D eigenvalue weighted by Crippen LogP contribution is 2.25. The molecular weight excluding hydrogens is 291 g/mol. The van der Waals surface area contributed by atoms with Crippen molar-refractivity contribution in [2.24, 2.45) is 0 Å². The van der Waals surface area contributed by atoms with Gasteiger partial charge in [-0.1, -0.05) is 20.8 Å². The Balaban J connectivity index is 1.89. The molecule has 0 aliphatic carbocycles. The summed E-state index contributed by atoms with van der Waals surface area (Å²) in [7, 11) is 0. The molecular formula is C16H24F3N3. The molecule has 1 fully saturated rings. The number of nitrogens with one attached hydrogen (secondary N) is 1. The summed E-state index contributed by atoms with van der Waals surface area (Å²) in [4.78, 5) is 5.79. The standard InChI is InChI=1S/C16H24F3N3/c1-15(2,3)12-4-7-20-14(10-12)21-13-5-8-22(9-6-13)11-16(17,18)19/h4,7,10,13H,5-6,8-9,11H2,1-3H3,(H,20,21). The maximum absolute atomic E-state index is 12.4. The average molecular weight is 315 g/mol. The monoisotopic (exact) mass is 315 g/mol. The van der Waals surface area contributed by atoms with E-state index in [4.69, 9.17) is 0 Å². The first-order valence-electron chi connectivity index (χ1n) is 7.66. The van der Waals surface area contributed by atoms with Crippen LogP contribution in [0.2, 0.25) is 0 Å². The van der Waals surface area contributed by atoms with Crippen molar-refractivity contribution in [2.45, 2.75) is 51.2 Å². The summed E-state index contributed by atoms with van der Waals surface area (Å²) in [5.41, 5.74) is 1.25. The third kappa shape index (κ3) is 5.16. The Morgan fingerprint density at radius 2 is 1.86 bits per heavy atom. The van der Waals surface area contributed by atoms with Crippen LogP contribution >= 0.6 is 0 Å². The van der Waals surface area contributed by atoms with Crippen LogP contribution in [0, 0.1) is 0 Å². The van der Waals surface area contributed by atoms with Gasteiger partial charge in [-0.05, 0) is 36.0 Å². The highest BCUT2D eigenvalue weighted by Gasteiger charge is 2.32.